The fourth-order valence-electron chi connectivity index (χ4n) is 3.54. The molecule has 1 unspecified atom stereocenters. The molecular weight excluding hydrogens is 394 g/mol. The molecule has 1 amide bonds. The number of aromatic nitrogens is 2. The first-order valence-corrected chi connectivity index (χ1v) is 11.4. The quantitative estimate of drug-likeness (QED) is 0.464. The topological polar surface area (TPSA) is 59.2 Å². The van der Waals surface area contributed by atoms with Crippen LogP contribution in [0, 0.1) is 19.8 Å². The first kappa shape index (κ1) is 20.7. The van der Waals surface area contributed by atoms with Gasteiger partial charge < -0.3 is 9.32 Å². The Bertz CT molecular complexity index is 1010. The fourth-order valence-corrected chi connectivity index (χ4v) is 4.19. The van der Waals surface area contributed by atoms with E-state index in [2.05, 4.69) is 43.1 Å². The number of carbonyl (C=O) groups is 1. The number of hydrogen-bond donors (Lipinski definition) is 0. The van der Waals surface area contributed by atoms with Crippen LogP contribution in [0.4, 0.5) is 0 Å². The molecule has 1 aliphatic carbocycles. The van der Waals surface area contributed by atoms with Crippen molar-refractivity contribution in [1.29, 1.82) is 0 Å². The molecule has 1 heterocycles. The number of rotatable bonds is 8. The van der Waals surface area contributed by atoms with Crippen LogP contribution in [0.15, 0.2) is 58.2 Å². The minimum Gasteiger partial charge on any atom is -0.411 e. The second-order valence-electron chi connectivity index (χ2n) is 8.05. The lowest BCUT2D eigenvalue weighted by molar-refractivity contribution is -0.131. The smallest absolute Gasteiger partial charge is 0.277 e. The second-order valence-corrected chi connectivity index (χ2v) is 8.97. The van der Waals surface area contributed by atoms with Crippen molar-refractivity contribution in [2.45, 2.75) is 51.4 Å². The van der Waals surface area contributed by atoms with Crippen molar-refractivity contribution in [2.75, 3.05) is 5.75 Å². The van der Waals surface area contributed by atoms with Gasteiger partial charge in [0.05, 0.1) is 5.75 Å². The third kappa shape index (κ3) is 4.93. The van der Waals surface area contributed by atoms with E-state index < -0.39 is 0 Å². The van der Waals surface area contributed by atoms with Gasteiger partial charge in [-0.15, -0.1) is 10.2 Å². The van der Waals surface area contributed by atoms with Crippen molar-refractivity contribution in [3.8, 4) is 11.5 Å². The number of aryl methyl sites for hydroxylation is 2. The highest BCUT2D eigenvalue weighted by molar-refractivity contribution is 7.99. The van der Waals surface area contributed by atoms with Crippen LogP contribution >= 0.6 is 11.8 Å². The normalized spacial score (nSPS) is 14.5. The highest BCUT2D eigenvalue weighted by atomic mass is 32.2. The minimum absolute atomic E-state index is 0.106. The molecule has 4 rings (SSSR count). The Morgan fingerprint density at radius 3 is 2.60 bits per heavy atom. The summed E-state index contributed by atoms with van der Waals surface area (Å²) in [6.45, 7) is 6.93. The highest BCUT2D eigenvalue weighted by Gasteiger charge is 2.34. The van der Waals surface area contributed by atoms with Crippen molar-refractivity contribution in [3.63, 3.8) is 0 Å². The predicted molar refractivity (Wildman–Crippen MR) is 119 cm³/mol. The number of carbonyl (C=O) groups excluding carboxylic acids is 1. The van der Waals surface area contributed by atoms with Gasteiger partial charge in [-0.1, -0.05) is 48.2 Å². The first-order valence-electron chi connectivity index (χ1n) is 10.4. The molecule has 0 radical (unpaired) electrons. The molecule has 0 saturated heterocycles. The van der Waals surface area contributed by atoms with Gasteiger partial charge in [-0.3, -0.25) is 4.79 Å². The zero-order chi connectivity index (χ0) is 21.1. The van der Waals surface area contributed by atoms with E-state index in [1.807, 2.05) is 41.3 Å². The summed E-state index contributed by atoms with van der Waals surface area (Å²) in [6.07, 6.45) is 2.41. The van der Waals surface area contributed by atoms with E-state index >= 15 is 0 Å². The van der Waals surface area contributed by atoms with Crippen LogP contribution in [0.3, 0.4) is 0 Å². The molecule has 1 aromatic heterocycles. The molecule has 0 N–H and O–H groups in total. The van der Waals surface area contributed by atoms with Crippen LogP contribution in [0.1, 0.15) is 36.5 Å². The standard InChI is InChI=1S/C24H27N3O2S/c1-16-9-10-21(13-17(16)2)23-25-26-24(29-23)30-15-22(28)27(18(3)20-11-12-20)14-19-7-5-4-6-8-19/h4-10,13,18,20H,11-12,14-15H2,1-3H3. The van der Waals surface area contributed by atoms with Gasteiger partial charge >= 0.3 is 0 Å². The lowest BCUT2D eigenvalue weighted by Crippen LogP contribution is -2.40. The number of hydrogen-bond acceptors (Lipinski definition) is 5. The van der Waals surface area contributed by atoms with Crippen LogP contribution in [0.2, 0.25) is 0 Å². The van der Waals surface area contributed by atoms with Gasteiger partial charge in [0, 0.05) is 18.2 Å². The van der Waals surface area contributed by atoms with E-state index in [1.165, 1.54) is 35.7 Å². The summed E-state index contributed by atoms with van der Waals surface area (Å²) in [7, 11) is 0. The minimum atomic E-state index is 0.106. The maximum absolute atomic E-state index is 13.1. The van der Waals surface area contributed by atoms with Gasteiger partial charge in [-0.2, -0.15) is 0 Å². The van der Waals surface area contributed by atoms with Crippen molar-refractivity contribution < 1.29 is 9.21 Å². The highest BCUT2D eigenvalue weighted by Crippen LogP contribution is 2.36. The number of benzene rings is 2. The molecule has 5 nitrogen and oxygen atoms in total. The zero-order valence-corrected chi connectivity index (χ0v) is 18.5. The summed E-state index contributed by atoms with van der Waals surface area (Å²) in [5.74, 6) is 1.50. The summed E-state index contributed by atoms with van der Waals surface area (Å²) < 4.78 is 5.80. The molecule has 2 aromatic carbocycles. The maximum Gasteiger partial charge on any atom is 0.277 e. The Labute approximate surface area is 181 Å². The second kappa shape index (κ2) is 9.04. The summed E-state index contributed by atoms with van der Waals surface area (Å²) in [6, 6.07) is 16.5. The van der Waals surface area contributed by atoms with Crippen molar-refractivity contribution in [2.24, 2.45) is 5.92 Å². The molecular formula is C24H27N3O2S. The Balaban J connectivity index is 1.41. The fraction of sp³-hybridized carbons (Fsp3) is 0.375. The average Bonchev–Trinajstić information content (AvgIpc) is 3.50. The van der Waals surface area contributed by atoms with Gasteiger partial charge in [0.25, 0.3) is 5.22 Å². The van der Waals surface area contributed by atoms with E-state index in [-0.39, 0.29) is 11.9 Å². The summed E-state index contributed by atoms with van der Waals surface area (Å²) in [5, 5.41) is 8.71. The molecule has 30 heavy (non-hydrogen) atoms. The molecule has 156 valence electrons. The lowest BCUT2D eigenvalue weighted by atomic mass is 10.1. The van der Waals surface area contributed by atoms with Gasteiger partial charge in [0.1, 0.15) is 0 Å². The molecule has 0 spiro atoms. The summed E-state index contributed by atoms with van der Waals surface area (Å²) >= 11 is 1.31. The largest absolute Gasteiger partial charge is 0.411 e. The molecule has 6 heteroatoms. The Morgan fingerprint density at radius 2 is 1.90 bits per heavy atom. The molecule has 0 aliphatic heterocycles. The number of thioether (sulfide) groups is 1. The lowest BCUT2D eigenvalue weighted by Gasteiger charge is -2.29. The number of amides is 1. The number of nitrogens with zero attached hydrogens (tertiary/aromatic N) is 3. The summed E-state index contributed by atoms with van der Waals surface area (Å²) in [4.78, 5) is 15.1. The van der Waals surface area contributed by atoms with Gasteiger partial charge in [0.15, 0.2) is 0 Å². The third-order valence-electron chi connectivity index (χ3n) is 5.79. The van der Waals surface area contributed by atoms with Crippen LogP contribution in [0.5, 0.6) is 0 Å². The van der Waals surface area contributed by atoms with E-state index in [4.69, 9.17) is 4.42 Å². The first-order chi connectivity index (χ1) is 14.5. The van der Waals surface area contributed by atoms with E-state index in [9.17, 15) is 4.79 Å². The van der Waals surface area contributed by atoms with E-state index in [1.54, 1.807) is 0 Å². The Kier molecular flexibility index (Phi) is 6.23. The van der Waals surface area contributed by atoms with Crippen LogP contribution in [-0.2, 0) is 11.3 Å². The van der Waals surface area contributed by atoms with Crippen molar-refractivity contribution >= 4 is 17.7 Å². The van der Waals surface area contributed by atoms with Gasteiger partial charge in [-0.05, 0) is 68.4 Å². The van der Waals surface area contributed by atoms with Crippen LogP contribution in [0.25, 0.3) is 11.5 Å². The predicted octanol–water partition coefficient (Wildman–Crippen LogP) is 5.27. The van der Waals surface area contributed by atoms with Crippen molar-refractivity contribution in [3.05, 3.63) is 65.2 Å². The maximum atomic E-state index is 13.1. The van der Waals surface area contributed by atoms with E-state index in [0.717, 1.165) is 11.1 Å². The molecule has 3 aromatic rings. The van der Waals surface area contributed by atoms with Crippen molar-refractivity contribution in [1.82, 2.24) is 15.1 Å². The molecule has 0 bridgehead atoms. The zero-order valence-electron chi connectivity index (χ0n) is 17.7. The molecule has 1 atom stereocenters. The molecule has 1 aliphatic rings. The summed E-state index contributed by atoms with van der Waals surface area (Å²) in [5.41, 5.74) is 4.46. The SMILES string of the molecule is Cc1ccc(-c2nnc(SCC(=O)N(Cc3ccccc3)C(C)C3CC3)o2)cc1C. The molecule has 1 fully saturated rings. The van der Waals surface area contributed by atoms with Crippen LogP contribution in [-0.4, -0.2) is 32.8 Å². The Hall–Kier alpha value is -2.60. The third-order valence-corrected chi connectivity index (χ3v) is 6.59. The monoisotopic (exact) mass is 421 g/mol. The van der Waals surface area contributed by atoms with Gasteiger partial charge in [-0.25, -0.2) is 0 Å². The van der Waals surface area contributed by atoms with Crippen LogP contribution < -0.4 is 0 Å². The molecule has 1 saturated carbocycles. The average molecular weight is 422 g/mol. The van der Waals surface area contributed by atoms with Gasteiger partial charge in [0.2, 0.25) is 11.8 Å². The van der Waals surface area contributed by atoms with E-state index in [0.29, 0.717) is 29.3 Å². The Morgan fingerprint density at radius 1 is 1.13 bits per heavy atom.